The highest BCUT2D eigenvalue weighted by Crippen LogP contribution is 2.10. The van der Waals surface area contributed by atoms with Crippen molar-refractivity contribution in [2.24, 2.45) is 4.99 Å². The van der Waals surface area contributed by atoms with E-state index >= 15 is 0 Å². The maximum absolute atomic E-state index is 13.6. The average Bonchev–Trinajstić information content (AvgIpc) is 2.56. The van der Waals surface area contributed by atoms with Crippen LogP contribution in [0.15, 0.2) is 58.4 Å². The second kappa shape index (κ2) is 7.92. The van der Waals surface area contributed by atoms with Gasteiger partial charge in [0.1, 0.15) is 5.82 Å². The Bertz CT molecular complexity index is 818. The van der Waals surface area contributed by atoms with Crippen LogP contribution in [-0.2, 0) is 22.9 Å². The van der Waals surface area contributed by atoms with Gasteiger partial charge in [0.25, 0.3) is 0 Å². The lowest BCUT2D eigenvalue weighted by Gasteiger charge is -2.12. The first kappa shape index (κ1) is 17.9. The predicted octanol–water partition coefficient (Wildman–Crippen LogP) is 2.09. The number of rotatable bonds is 5. The van der Waals surface area contributed by atoms with E-state index in [9.17, 15) is 12.8 Å². The summed E-state index contributed by atoms with van der Waals surface area (Å²) in [6.45, 7) is 0.792. The Morgan fingerprint density at radius 2 is 1.67 bits per heavy atom. The highest BCUT2D eigenvalue weighted by Gasteiger charge is 2.06. The zero-order valence-corrected chi connectivity index (χ0v) is 14.4. The summed E-state index contributed by atoms with van der Waals surface area (Å²) in [6, 6.07) is 13.2. The second-order valence-electron chi connectivity index (χ2n) is 5.29. The molecular weight excluding hydrogens is 329 g/mol. The Morgan fingerprint density at radius 1 is 1.04 bits per heavy atom. The van der Waals surface area contributed by atoms with Crippen LogP contribution in [0.25, 0.3) is 0 Å². The maximum atomic E-state index is 13.6. The molecule has 0 aromatic heterocycles. The van der Waals surface area contributed by atoms with Crippen LogP contribution in [-0.4, -0.2) is 27.7 Å². The fourth-order valence-corrected chi connectivity index (χ4v) is 2.71. The summed E-state index contributed by atoms with van der Waals surface area (Å²) in [6.07, 6.45) is 1.18. The number of hydrogen-bond donors (Lipinski definition) is 2. The van der Waals surface area contributed by atoms with E-state index in [0.29, 0.717) is 24.6 Å². The first-order valence-corrected chi connectivity index (χ1v) is 9.26. The van der Waals surface area contributed by atoms with E-state index in [1.165, 1.54) is 12.3 Å². The van der Waals surface area contributed by atoms with E-state index in [4.69, 9.17) is 0 Å². The van der Waals surface area contributed by atoms with Gasteiger partial charge in [-0.1, -0.05) is 30.3 Å². The number of nitrogens with one attached hydrogen (secondary N) is 2. The molecule has 0 amide bonds. The van der Waals surface area contributed by atoms with Gasteiger partial charge in [-0.3, -0.25) is 4.99 Å². The van der Waals surface area contributed by atoms with Crippen molar-refractivity contribution in [3.05, 3.63) is 65.5 Å². The molecule has 7 heteroatoms. The lowest BCUT2D eigenvalue weighted by Crippen LogP contribution is -2.36. The lowest BCUT2D eigenvalue weighted by atomic mass is 10.2. The van der Waals surface area contributed by atoms with E-state index < -0.39 is 9.84 Å². The molecule has 0 atom stereocenters. The van der Waals surface area contributed by atoms with Crippen molar-refractivity contribution in [1.82, 2.24) is 10.6 Å². The van der Waals surface area contributed by atoms with Crippen molar-refractivity contribution in [2.75, 3.05) is 13.3 Å². The zero-order valence-electron chi connectivity index (χ0n) is 13.6. The average molecular weight is 349 g/mol. The minimum atomic E-state index is -3.19. The van der Waals surface area contributed by atoms with Crippen molar-refractivity contribution < 1.29 is 12.8 Å². The van der Waals surface area contributed by atoms with Gasteiger partial charge >= 0.3 is 0 Å². The molecule has 0 aliphatic rings. The summed E-state index contributed by atoms with van der Waals surface area (Å²) in [5.74, 6) is 0.266. The molecule has 0 radical (unpaired) electrons. The molecule has 0 saturated heterocycles. The van der Waals surface area contributed by atoms with Crippen molar-refractivity contribution in [2.45, 2.75) is 18.0 Å². The van der Waals surface area contributed by atoms with Crippen molar-refractivity contribution in [3.63, 3.8) is 0 Å². The van der Waals surface area contributed by atoms with Gasteiger partial charge in [0.15, 0.2) is 15.8 Å². The molecule has 2 aromatic rings. The molecule has 0 unspecified atom stereocenters. The monoisotopic (exact) mass is 349 g/mol. The highest BCUT2D eigenvalue weighted by atomic mass is 32.2. The van der Waals surface area contributed by atoms with Gasteiger partial charge in [0.05, 0.1) is 4.90 Å². The molecule has 2 aromatic carbocycles. The summed E-state index contributed by atoms with van der Waals surface area (Å²) in [5.41, 5.74) is 1.47. The molecule has 2 N–H and O–H groups in total. The van der Waals surface area contributed by atoms with Crippen LogP contribution in [0.5, 0.6) is 0 Å². The van der Waals surface area contributed by atoms with Gasteiger partial charge in [-0.15, -0.1) is 0 Å². The Morgan fingerprint density at radius 3 is 2.25 bits per heavy atom. The SMILES string of the molecule is CN=C(NCc1ccc(S(C)(=O)=O)cc1)NCc1ccccc1F. The van der Waals surface area contributed by atoms with E-state index in [1.54, 1.807) is 49.5 Å². The van der Waals surface area contributed by atoms with Gasteiger partial charge in [0, 0.05) is 32.0 Å². The van der Waals surface area contributed by atoms with Gasteiger partial charge in [-0.2, -0.15) is 0 Å². The number of sulfone groups is 1. The molecule has 0 aliphatic heterocycles. The minimum absolute atomic E-state index is 0.267. The summed E-state index contributed by atoms with van der Waals surface area (Å²) in [7, 11) is -1.56. The topological polar surface area (TPSA) is 70.6 Å². The number of nitrogens with zero attached hydrogens (tertiary/aromatic N) is 1. The third-order valence-electron chi connectivity index (χ3n) is 3.44. The summed E-state index contributed by atoms with van der Waals surface area (Å²) in [5, 5.41) is 6.14. The number of halogens is 1. The maximum Gasteiger partial charge on any atom is 0.191 e. The molecule has 0 heterocycles. The first-order valence-electron chi connectivity index (χ1n) is 7.37. The molecule has 128 valence electrons. The van der Waals surface area contributed by atoms with Crippen molar-refractivity contribution in [3.8, 4) is 0 Å². The fourth-order valence-electron chi connectivity index (χ4n) is 2.08. The summed E-state index contributed by atoms with van der Waals surface area (Å²) < 4.78 is 36.4. The fraction of sp³-hybridized carbons (Fsp3) is 0.235. The Balaban J connectivity index is 1.91. The number of hydrogen-bond acceptors (Lipinski definition) is 3. The van der Waals surface area contributed by atoms with Crippen LogP contribution in [0, 0.1) is 5.82 Å². The van der Waals surface area contributed by atoms with Gasteiger partial charge < -0.3 is 10.6 Å². The molecule has 0 saturated carbocycles. The smallest absolute Gasteiger partial charge is 0.191 e. The molecule has 24 heavy (non-hydrogen) atoms. The summed E-state index contributed by atoms with van der Waals surface area (Å²) >= 11 is 0. The van der Waals surface area contributed by atoms with Crippen LogP contribution >= 0.6 is 0 Å². The van der Waals surface area contributed by atoms with E-state index in [-0.39, 0.29) is 10.7 Å². The highest BCUT2D eigenvalue weighted by molar-refractivity contribution is 7.90. The molecule has 0 spiro atoms. The van der Waals surface area contributed by atoms with Crippen LogP contribution in [0.2, 0.25) is 0 Å². The number of aliphatic imine (C=N–C) groups is 1. The molecule has 0 fully saturated rings. The summed E-state index contributed by atoms with van der Waals surface area (Å²) in [4.78, 5) is 4.37. The number of guanidine groups is 1. The van der Waals surface area contributed by atoms with Crippen molar-refractivity contribution in [1.29, 1.82) is 0 Å². The van der Waals surface area contributed by atoms with Gasteiger partial charge in [0.2, 0.25) is 0 Å². The normalized spacial score (nSPS) is 12.0. The minimum Gasteiger partial charge on any atom is -0.352 e. The van der Waals surface area contributed by atoms with Crippen LogP contribution in [0.4, 0.5) is 4.39 Å². The molecule has 0 aliphatic carbocycles. The lowest BCUT2D eigenvalue weighted by molar-refractivity contribution is 0.601. The van der Waals surface area contributed by atoms with E-state index in [0.717, 1.165) is 5.56 Å². The number of benzene rings is 2. The Labute approximate surface area is 141 Å². The predicted molar refractivity (Wildman–Crippen MR) is 93.0 cm³/mol. The van der Waals surface area contributed by atoms with E-state index in [1.807, 2.05) is 0 Å². The van der Waals surface area contributed by atoms with Gasteiger partial charge in [-0.05, 0) is 23.8 Å². The molecule has 5 nitrogen and oxygen atoms in total. The van der Waals surface area contributed by atoms with Gasteiger partial charge in [-0.25, -0.2) is 12.8 Å². The molecular formula is C17H20FN3O2S. The quantitative estimate of drug-likeness (QED) is 0.641. The largest absolute Gasteiger partial charge is 0.352 e. The third-order valence-corrected chi connectivity index (χ3v) is 4.57. The Kier molecular flexibility index (Phi) is 5.92. The molecule has 0 bridgehead atoms. The molecule has 2 rings (SSSR count). The third kappa shape index (κ3) is 5.06. The van der Waals surface area contributed by atoms with Crippen molar-refractivity contribution >= 4 is 15.8 Å². The first-order chi connectivity index (χ1) is 11.4. The van der Waals surface area contributed by atoms with Crippen LogP contribution in [0.1, 0.15) is 11.1 Å². The van der Waals surface area contributed by atoms with Crippen LogP contribution in [0.3, 0.4) is 0 Å². The van der Waals surface area contributed by atoms with E-state index in [2.05, 4.69) is 15.6 Å². The second-order valence-corrected chi connectivity index (χ2v) is 7.30. The zero-order chi connectivity index (χ0) is 17.6. The standard InChI is InChI=1S/C17H20FN3O2S/c1-19-17(21-12-14-5-3-4-6-16(14)18)20-11-13-7-9-15(10-8-13)24(2,22)23/h3-10H,11-12H2,1-2H3,(H2,19,20,21). The Hall–Kier alpha value is -2.41. The van der Waals surface area contributed by atoms with Crippen LogP contribution < -0.4 is 10.6 Å².